The summed E-state index contributed by atoms with van der Waals surface area (Å²) in [4.78, 5) is 28.6. The summed E-state index contributed by atoms with van der Waals surface area (Å²) in [6, 6.07) is 7.85. The average molecular weight is 358 g/mol. The van der Waals surface area contributed by atoms with Crippen molar-refractivity contribution in [3.05, 3.63) is 30.1 Å². The highest BCUT2D eigenvalue weighted by Crippen LogP contribution is 2.17. The van der Waals surface area contributed by atoms with Gasteiger partial charge in [-0.1, -0.05) is 19.1 Å². The molecule has 0 saturated heterocycles. The number of nitrogens with zero attached hydrogens (tertiary/aromatic N) is 2. The van der Waals surface area contributed by atoms with Crippen LogP contribution >= 0.6 is 0 Å². The maximum Gasteiger partial charge on any atom is 0.240 e. The lowest BCUT2D eigenvalue weighted by Gasteiger charge is -2.21. The molecule has 6 nitrogen and oxygen atoms in total. The van der Waals surface area contributed by atoms with Gasteiger partial charge in [0.15, 0.2) is 0 Å². The maximum atomic E-state index is 12.4. The Morgan fingerprint density at radius 2 is 1.88 bits per heavy atom. The van der Waals surface area contributed by atoms with Gasteiger partial charge >= 0.3 is 0 Å². The number of nitrogens with one attached hydrogen (secondary N) is 2. The molecule has 0 atom stereocenters. The first-order valence-corrected chi connectivity index (χ1v) is 9.32. The predicted molar refractivity (Wildman–Crippen MR) is 104 cm³/mol. The zero-order valence-electron chi connectivity index (χ0n) is 16.3. The molecule has 0 aliphatic rings. The van der Waals surface area contributed by atoms with E-state index in [-0.39, 0.29) is 23.9 Å². The van der Waals surface area contributed by atoms with Gasteiger partial charge in [0.2, 0.25) is 11.8 Å². The Labute approximate surface area is 155 Å². The number of carbonyl (C=O) groups is 2. The van der Waals surface area contributed by atoms with Gasteiger partial charge in [0.25, 0.3) is 0 Å². The molecule has 0 spiro atoms. The minimum absolute atomic E-state index is 0.0295. The van der Waals surface area contributed by atoms with Crippen molar-refractivity contribution in [2.75, 3.05) is 6.54 Å². The lowest BCUT2D eigenvalue weighted by atomic mass is 10.1. The van der Waals surface area contributed by atoms with E-state index >= 15 is 0 Å². The zero-order chi connectivity index (χ0) is 19.2. The van der Waals surface area contributed by atoms with Gasteiger partial charge in [-0.3, -0.25) is 9.59 Å². The van der Waals surface area contributed by atoms with Crippen molar-refractivity contribution in [1.82, 2.24) is 20.2 Å². The van der Waals surface area contributed by atoms with E-state index in [1.165, 1.54) is 0 Å². The fraction of sp³-hybridized carbons (Fsp3) is 0.550. The SMILES string of the molecule is CCCC(=O)NCCCc1nc2ccccc2n1CC(=O)NC(C)(C)C. The summed E-state index contributed by atoms with van der Waals surface area (Å²) in [5.74, 6) is 0.934. The third-order valence-electron chi connectivity index (χ3n) is 3.93. The van der Waals surface area contributed by atoms with Crippen LogP contribution in [0.15, 0.2) is 24.3 Å². The number of aryl methyl sites for hydroxylation is 1. The van der Waals surface area contributed by atoms with Crippen molar-refractivity contribution in [2.45, 2.75) is 65.5 Å². The van der Waals surface area contributed by atoms with Gasteiger partial charge in [0.1, 0.15) is 12.4 Å². The molecule has 0 aliphatic carbocycles. The number of rotatable bonds is 8. The van der Waals surface area contributed by atoms with Crippen LogP contribution in [-0.4, -0.2) is 33.4 Å². The molecule has 6 heteroatoms. The van der Waals surface area contributed by atoms with Gasteiger partial charge in [0, 0.05) is 24.9 Å². The van der Waals surface area contributed by atoms with Gasteiger partial charge in [-0.15, -0.1) is 0 Å². The summed E-state index contributed by atoms with van der Waals surface area (Å²) in [5, 5.41) is 5.92. The Hall–Kier alpha value is -2.37. The van der Waals surface area contributed by atoms with E-state index in [2.05, 4.69) is 15.6 Å². The number of para-hydroxylation sites is 2. The largest absolute Gasteiger partial charge is 0.356 e. The molecule has 2 amide bonds. The molecular weight excluding hydrogens is 328 g/mol. The molecular formula is C20H30N4O2. The Morgan fingerprint density at radius 1 is 1.15 bits per heavy atom. The van der Waals surface area contributed by atoms with Gasteiger partial charge in [-0.2, -0.15) is 0 Å². The molecule has 2 rings (SSSR count). The van der Waals surface area contributed by atoms with Crippen LogP contribution in [0.5, 0.6) is 0 Å². The number of aromatic nitrogens is 2. The van der Waals surface area contributed by atoms with Crippen LogP contribution in [0, 0.1) is 0 Å². The first kappa shape index (κ1) is 19.9. The number of amides is 2. The van der Waals surface area contributed by atoms with Gasteiger partial charge < -0.3 is 15.2 Å². The molecule has 0 unspecified atom stereocenters. The lowest BCUT2D eigenvalue weighted by Crippen LogP contribution is -2.42. The van der Waals surface area contributed by atoms with E-state index in [9.17, 15) is 9.59 Å². The summed E-state index contributed by atoms with van der Waals surface area (Å²) in [5.41, 5.74) is 1.58. The van der Waals surface area contributed by atoms with Crippen molar-refractivity contribution < 1.29 is 9.59 Å². The first-order valence-electron chi connectivity index (χ1n) is 9.32. The lowest BCUT2D eigenvalue weighted by molar-refractivity contribution is -0.123. The summed E-state index contributed by atoms with van der Waals surface area (Å²) in [6.45, 7) is 8.76. The number of hydrogen-bond donors (Lipinski definition) is 2. The standard InChI is InChI=1S/C20H30N4O2/c1-5-9-18(25)21-13-8-12-17-22-15-10-6-7-11-16(15)24(17)14-19(26)23-20(2,3)4/h6-7,10-11H,5,8-9,12-14H2,1-4H3,(H,21,25)(H,23,26). The number of benzene rings is 1. The van der Waals surface area contributed by atoms with Gasteiger partial charge in [-0.05, 0) is 45.7 Å². The van der Waals surface area contributed by atoms with Crippen molar-refractivity contribution in [3.63, 3.8) is 0 Å². The first-order chi connectivity index (χ1) is 12.3. The number of fused-ring (bicyclic) bond motifs is 1. The van der Waals surface area contributed by atoms with E-state index in [1.807, 2.05) is 56.5 Å². The molecule has 2 N–H and O–H groups in total. The maximum absolute atomic E-state index is 12.4. The highest BCUT2D eigenvalue weighted by Gasteiger charge is 2.17. The highest BCUT2D eigenvalue weighted by atomic mass is 16.2. The fourth-order valence-corrected chi connectivity index (χ4v) is 2.88. The number of carbonyl (C=O) groups excluding carboxylic acids is 2. The van der Waals surface area contributed by atoms with Crippen molar-refractivity contribution in [2.24, 2.45) is 0 Å². The summed E-state index contributed by atoms with van der Waals surface area (Å²) >= 11 is 0. The van der Waals surface area contributed by atoms with Gasteiger partial charge in [0.05, 0.1) is 11.0 Å². The molecule has 0 bridgehead atoms. The molecule has 1 aromatic carbocycles. The molecule has 0 radical (unpaired) electrons. The Bertz CT molecular complexity index is 759. The normalized spacial score (nSPS) is 11.5. The second-order valence-electron chi connectivity index (χ2n) is 7.60. The van der Waals surface area contributed by atoms with E-state index in [1.54, 1.807) is 0 Å². The molecule has 0 saturated carbocycles. The summed E-state index contributed by atoms with van der Waals surface area (Å²) in [6.07, 6.45) is 2.92. The minimum atomic E-state index is -0.267. The molecule has 26 heavy (non-hydrogen) atoms. The smallest absolute Gasteiger partial charge is 0.240 e. The molecule has 0 fully saturated rings. The Morgan fingerprint density at radius 3 is 2.58 bits per heavy atom. The van der Waals surface area contributed by atoms with E-state index in [0.717, 1.165) is 29.7 Å². The second kappa shape index (κ2) is 8.83. The third kappa shape index (κ3) is 5.86. The van der Waals surface area contributed by atoms with Crippen LogP contribution in [0.2, 0.25) is 0 Å². The highest BCUT2D eigenvalue weighted by molar-refractivity contribution is 5.81. The summed E-state index contributed by atoms with van der Waals surface area (Å²) in [7, 11) is 0. The molecule has 142 valence electrons. The van der Waals surface area contributed by atoms with Gasteiger partial charge in [-0.25, -0.2) is 4.98 Å². The molecule has 1 aromatic heterocycles. The van der Waals surface area contributed by atoms with Crippen LogP contribution in [0.4, 0.5) is 0 Å². The van der Waals surface area contributed by atoms with E-state index in [0.29, 0.717) is 19.4 Å². The monoisotopic (exact) mass is 358 g/mol. The Kier molecular flexibility index (Phi) is 6.77. The van der Waals surface area contributed by atoms with Crippen LogP contribution in [0.3, 0.4) is 0 Å². The predicted octanol–water partition coefficient (Wildman–Crippen LogP) is 2.80. The van der Waals surface area contributed by atoms with Crippen LogP contribution in [0.25, 0.3) is 11.0 Å². The minimum Gasteiger partial charge on any atom is -0.356 e. The van der Waals surface area contributed by atoms with Crippen LogP contribution in [-0.2, 0) is 22.6 Å². The van der Waals surface area contributed by atoms with Crippen molar-refractivity contribution in [3.8, 4) is 0 Å². The van der Waals surface area contributed by atoms with E-state index in [4.69, 9.17) is 0 Å². The molecule has 2 aromatic rings. The second-order valence-corrected chi connectivity index (χ2v) is 7.60. The number of imidazole rings is 1. The number of hydrogen-bond acceptors (Lipinski definition) is 3. The molecule has 0 aliphatic heterocycles. The van der Waals surface area contributed by atoms with Crippen molar-refractivity contribution >= 4 is 22.8 Å². The Balaban J connectivity index is 2.08. The van der Waals surface area contributed by atoms with Crippen LogP contribution in [0.1, 0.15) is 52.8 Å². The summed E-state index contributed by atoms with van der Waals surface area (Å²) < 4.78 is 1.98. The third-order valence-corrected chi connectivity index (χ3v) is 3.93. The quantitative estimate of drug-likeness (QED) is 0.713. The zero-order valence-corrected chi connectivity index (χ0v) is 16.3. The topological polar surface area (TPSA) is 76.0 Å². The van der Waals surface area contributed by atoms with E-state index < -0.39 is 0 Å². The molecule has 1 heterocycles. The van der Waals surface area contributed by atoms with Crippen LogP contribution < -0.4 is 10.6 Å². The average Bonchev–Trinajstić information content (AvgIpc) is 2.88. The van der Waals surface area contributed by atoms with Crippen molar-refractivity contribution in [1.29, 1.82) is 0 Å². The fourth-order valence-electron chi connectivity index (χ4n) is 2.88.